The van der Waals surface area contributed by atoms with Crippen LogP contribution in [-0.2, 0) is 4.79 Å². The molecule has 1 aliphatic heterocycles. The van der Waals surface area contributed by atoms with Crippen molar-refractivity contribution in [2.45, 2.75) is 38.3 Å². The van der Waals surface area contributed by atoms with Crippen LogP contribution in [-0.4, -0.2) is 25.6 Å². The van der Waals surface area contributed by atoms with Gasteiger partial charge in [0.1, 0.15) is 5.75 Å². The molecular formula is C15H22N2O2. The molecule has 0 aromatic heterocycles. The number of carbonyl (C=O) groups excluding carboxylic acids is 1. The average molecular weight is 262 g/mol. The fourth-order valence-electron chi connectivity index (χ4n) is 2.45. The Morgan fingerprint density at radius 1 is 1.42 bits per heavy atom. The smallest absolute Gasteiger partial charge is 0.220 e. The molecule has 4 heteroatoms. The van der Waals surface area contributed by atoms with Crippen LogP contribution in [0.3, 0.4) is 0 Å². The molecule has 2 rings (SSSR count). The van der Waals surface area contributed by atoms with E-state index in [1.165, 1.54) is 5.56 Å². The van der Waals surface area contributed by atoms with E-state index in [2.05, 4.69) is 29.7 Å². The largest absolute Gasteiger partial charge is 0.497 e. The van der Waals surface area contributed by atoms with E-state index in [0.717, 1.165) is 25.1 Å². The van der Waals surface area contributed by atoms with E-state index in [4.69, 9.17) is 4.74 Å². The zero-order valence-electron chi connectivity index (χ0n) is 11.6. The molecule has 4 nitrogen and oxygen atoms in total. The van der Waals surface area contributed by atoms with Crippen LogP contribution in [0, 0.1) is 0 Å². The van der Waals surface area contributed by atoms with Crippen molar-refractivity contribution in [3.8, 4) is 5.75 Å². The minimum Gasteiger partial charge on any atom is -0.497 e. The highest BCUT2D eigenvalue weighted by molar-refractivity contribution is 5.76. The summed E-state index contributed by atoms with van der Waals surface area (Å²) in [5, 5.41) is 6.53. The molecule has 1 aromatic rings. The number of rotatable bonds is 5. The molecular weight excluding hydrogens is 240 g/mol. The first kappa shape index (κ1) is 13.9. The maximum atomic E-state index is 11.2. The van der Waals surface area contributed by atoms with Crippen LogP contribution in [0.25, 0.3) is 0 Å². The average Bonchev–Trinajstić information content (AvgIpc) is 2.47. The van der Waals surface area contributed by atoms with Gasteiger partial charge in [0.2, 0.25) is 5.91 Å². The number of carbonyl (C=O) groups is 1. The summed E-state index contributed by atoms with van der Waals surface area (Å²) >= 11 is 0. The second-order valence-corrected chi connectivity index (χ2v) is 4.94. The molecule has 2 atom stereocenters. The summed E-state index contributed by atoms with van der Waals surface area (Å²) in [6.45, 7) is 2.90. The zero-order valence-corrected chi connectivity index (χ0v) is 11.6. The van der Waals surface area contributed by atoms with E-state index in [0.29, 0.717) is 18.5 Å². The summed E-state index contributed by atoms with van der Waals surface area (Å²) in [5.74, 6) is 1.04. The molecule has 0 saturated carbocycles. The minimum absolute atomic E-state index is 0.163. The monoisotopic (exact) mass is 262 g/mol. The van der Waals surface area contributed by atoms with Crippen LogP contribution in [0.5, 0.6) is 5.75 Å². The Hall–Kier alpha value is -1.55. The van der Waals surface area contributed by atoms with E-state index >= 15 is 0 Å². The maximum absolute atomic E-state index is 11.2. The first-order valence-electron chi connectivity index (χ1n) is 6.89. The van der Waals surface area contributed by atoms with Crippen LogP contribution < -0.4 is 15.4 Å². The fraction of sp³-hybridized carbons (Fsp3) is 0.533. The van der Waals surface area contributed by atoms with Gasteiger partial charge in [0.15, 0.2) is 0 Å². The Bertz CT molecular complexity index is 407. The number of hydrogen-bond donors (Lipinski definition) is 2. The lowest BCUT2D eigenvalue weighted by Crippen LogP contribution is -2.46. The predicted octanol–water partition coefficient (Wildman–Crippen LogP) is 2.01. The van der Waals surface area contributed by atoms with E-state index in [-0.39, 0.29) is 5.91 Å². The highest BCUT2D eigenvalue weighted by Gasteiger charge is 2.20. The first-order chi connectivity index (χ1) is 9.22. The Morgan fingerprint density at radius 2 is 2.16 bits per heavy atom. The van der Waals surface area contributed by atoms with Crippen molar-refractivity contribution in [1.82, 2.24) is 10.6 Å². The van der Waals surface area contributed by atoms with Crippen molar-refractivity contribution in [2.75, 3.05) is 13.7 Å². The Morgan fingerprint density at radius 3 is 2.68 bits per heavy atom. The van der Waals surface area contributed by atoms with Gasteiger partial charge in [-0.15, -0.1) is 0 Å². The van der Waals surface area contributed by atoms with E-state index in [1.807, 2.05) is 12.1 Å². The van der Waals surface area contributed by atoms with Gasteiger partial charge in [-0.25, -0.2) is 0 Å². The van der Waals surface area contributed by atoms with Crippen LogP contribution in [0.1, 0.15) is 37.8 Å². The molecule has 104 valence electrons. The number of nitrogens with one attached hydrogen (secondary N) is 2. The van der Waals surface area contributed by atoms with Gasteiger partial charge in [-0.2, -0.15) is 0 Å². The lowest BCUT2D eigenvalue weighted by molar-refractivity contribution is -0.122. The number of hydrogen-bond acceptors (Lipinski definition) is 3. The van der Waals surface area contributed by atoms with Gasteiger partial charge in [0, 0.05) is 25.0 Å². The second-order valence-electron chi connectivity index (χ2n) is 4.94. The molecule has 0 spiro atoms. The molecule has 19 heavy (non-hydrogen) atoms. The second kappa shape index (κ2) is 6.57. The molecule has 1 aromatic carbocycles. The van der Waals surface area contributed by atoms with E-state index < -0.39 is 0 Å². The number of benzene rings is 1. The number of ether oxygens (including phenoxy) is 1. The number of amides is 1. The quantitative estimate of drug-likeness (QED) is 0.853. The van der Waals surface area contributed by atoms with Crippen molar-refractivity contribution in [3.63, 3.8) is 0 Å². The van der Waals surface area contributed by atoms with E-state index in [9.17, 15) is 4.79 Å². The Labute approximate surface area is 114 Å². The van der Waals surface area contributed by atoms with Gasteiger partial charge in [-0.05, 0) is 30.5 Å². The van der Waals surface area contributed by atoms with Gasteiger partial charge >= 0.3 is 0 Å². The highest BCUT2D eigenvalue weighted by Crippen LogP contribution is 2.21. The maximum Gasteiger partial charge on any atom is 0.220 e. The van der Waals surface area contributed by atoms with Gasteiger partial charge in [-0.1, -0.05) is 19.1 Å². The van der Waals surface area contributed by atoms with Crippen LogP contribution in [0.4, 0.5) is 0 Å². The summed E-state index contributed by atoms with van der Waals surface area (Å²) in [6.07, 6.45) is 2.56. The number of piperidine rings is 1. The van der Waals surface area contributed by atoms with Crippen LogP contribution in [0.2, 0.25) is 0 Å². The Balaban J connectivity index is 1.96. The lowest BCUT2D eigenvalue weighted by atomic mass is 10.0. The van der Waals surface area contributed by atoms with Crippen molar-refractivity contribution < 1.29 is 9.53 Å². The van der Waals surface area contributed by atoms with Gasteiger partial charge in [-0.3, -0.25) is 4.79 Å². The number of methoxy groups -OCH3 is 1. The molecule has 0 bridgehead atoms. The molecule has 1 saturated heterocycles. The van der Waals surface area contributed by atoms with Crippen LogP contribution in [0.15, 0.2) is 24.3 Å². The zero-order chi connectivity index (χ0) is 13.7. The standard InChI is InChI=1S/C15H22N2O2/c1-3-14(11-4-7-13(19-2)8-5-11)17-12-6-9-15(18)16-10-12/h4-5,7-8,12,14,17H,3,6,9-10H2,1-2H3,(H,16,18). The van der Waals surface area contributed by atoms with Crippen molar-refractivity contribution in [1.29, 1.82) is 0 Å². The van der Waals surface area contributed by atoms with Crippen molar-refractivity contribution >= 4 is 5.91 Å². The molecule has 1 aliphatic rings. The van der Waals surface area contributed by atoms with Gasteiger partial charge in [0.25, 0.3) is 0 Å². The van der Waals surface area contributed by atoms with Crippen LogP contribution >= 0.6 is 0 Å². The van der Waals surface area contributed by atoms with Crippen molar-refractivity contribution in [3.05, 3.63) is 29.8 Å². The predicted molar refractivity (Wildman–Crippen MR) is 75.2 cm³/mol. The summed E-state index contributed by atoms with van der Waals surface area (Å²) in [4.78, 5) is 11.2. The summed E-state index contributed by atoms with van der Waals surface area (Å²) in [6, 6.07) is 8.86. The molecule has 1 fully saturated rings. The van der Waals surface area contributed by atoms with Gasteiger partial charge < -0.3 is 15.4 Å². The highest BCUT2D eigenvalue weighted by atomic mass is 16.5. The lowest BCUT2D eigenvalue weighted by Gasteiger charge is -2.28. The minimum atomic E-state index is 0.163. The normalized spacial score (nSPS) is 20.7. The molecule has 0 radical (unpaired) electrons. The van der Waals surface area contributed by atoms with Crippen molar-refractivity contribution in [2.24, 2.45) is 0 Å². The molecule has 1 heterocycles. The van der Waals surface area contributed by atoms with E-state index in [1.54, 1.807) is 7.11 Å². The summed E-state index contributed by atoms with van der Waals surface area (Å²) in [7, 11) is 1.68. The Kier molecular flexibility index (Phi) is 4.80. The fourth-order valence-corrected chi connectivity index (χ4v) is 2.45. The SMILES string of the molecule is CCC(NC1CCC(=O)NC1)c1ccc(OC)cc1. The summed E-state index contributed by atoms with van der Waals surface area (Å²) in [5.41, 5.74) is 1.26. The third-order valence-electron chi connectivity index (χ3n) is 3.63. The third kappa shape index (κ3) is 3.70. The summed E-state index contributed by atoms with van der Waals surface area (Å²) < 4.78 is 5.18. The molecule has 0 aliphatic carbocycles. The molecule has 2 N–H and O–H groups in total. The first-order valence-corrected chi connectivity index (χ1v) is 6.89. The topological polar surface area (TPSA) is 50.4 Å². The third-order valence-corrected chi connectivity index (χ3v) is 3.63. The molecule has 1 amide bonds. The molecule has 2 unspecified atom stereocenters. The van der Waals surface area contributed by atoms with Gasteiger partial charge in [0.05, 0.1) is 7.11 Å².